The lowest BCUT2D eigenvalue weighted by Crippen LogP contribution is -2.15. The predicted molar refractivity (Wildman–Crippen MR) is 84.4 cm³/mol. The Bertz CT molecular complexity index is 887. The first kappa shape index (κ1) is 14.5. The third-order valence-corrected chi connectivity index (χ3v) is 3.71. The van der Waals surface area contributed by atoms with Crippen LogP contribution in [0.5, 0.6) is 0 Å². The van der Waals surface area contributed by atoms with Crippen LogP contribution in [0.15, 0.2) is 24.4 Å². The third-order valence-electron chi connectivity index (χ3n) is 3.30. The number of benzene rings is 1. The quantitative estimate of drug-likeness (QED) is 0.789. The Kier molecular flexibility index (Phi) is 3.54. The standard InChI is InChI=1S/C15H14ClN5O/c1-8-4-5-11(6-13(8)16)19-14(22)12-7-21-15(17-9(12)2)18-10(3)20-21/h4-7H,1-3H3,(H,19,22). The summed E-state index contributed by atoms with van der Waals surface area (Å²) in [6.07, 6.45) is 1.63. The van der Waals surface area contributed by atoms with E-state index in [1.54, 1.807) is 32.2 Å². The van der Waals surface area contributed by atoms with Crippen molar-refractivity contribution >= 4 is 29.0 Å². The first-order valence-corrected chi connectivity index (χ1v) is 7.10. The van der Waals surface area contributed by atoms with Gasteiger partial charge >= 0.3 is 0 Å². The molecule has 7 heteroatoms. The van der Waals surface area contributed by atoms with Crippen LogP contribution in [-0.4, -0.2) is 25.5 Å². The lowest BCUT2D eigenvalue weighted by molar-refractivity contribution is 0.102. The highest BCUT2D eigenvalue weighted by atomic mass is 35.5. The van der Waals surface area contributed by atoms with Crippen LogP contribution in [0.2, 0.25) is 5.02 Å². The average Bonchev–Trinajstić information content (AvgIpc) is 2.81. The zero-order valence-corrected chi connectivity index (χ0v) is 13.1. The van der Waals surface area contributed by atoms with Gasteiger partial charge in [-0.15, -0.1) is 0 Å². The highest BCUT2D eigenvalue weighted by molar-refractivity contribution is 6.31. The van der Waals surface area contributed by atoms with Crippen molar-refractivity contribution in [3.63, 3.8) is 0 Å². The van der Waals surface area contributed by atoms with Gasteiger partial charge in [-0.05, 0) is 38.5 Å². The van der Waals surface area contributed by atoms with Crippen molar-refractivity contribution in [2.45, 2.75) is 20.8 Å². The number of fused-ring (bicyclic) bond motifs is 1. The number of amides is 1. The molecule has 3 rings (SSSR count). The lowest BCUT2D eigenvalue weighted by atomic mass is 10.2. The number of hydrogen-bond donors (Lipinski definition) is 1. The first-order chi connectivity index (χ1) is 10.4. The second-order valence-electron chi connectivity index (χ2n) is 5.06. The van der Waals surface area contributed by atoms with Crippen molar-refractivity contribution in [2.75, 3.05) is 5.32 Å². The summed E-state index contributed by atoms with van der Waals surface area (Å²) in [5.74, 6) is 0.819. The Balaban J connectivity index is 1.94. The topological polar surface area (TPSA) is 72.2 Å². The molecular formula is C15H14ClN5O. The molecule has 1 N–H and O–H groups in total. The minimum atomic E-state index is -0.264. The number of rotatable bonds is 2. The highest BCUT2D eigenvalue weighted by Crippen LogP contribution is 2.20. The predicted octanol–water partition coefficient (Wildman–Crippen LogP) is 2.96. The lowest BCUT2D eigenvalue weighted by Gasteiger charge is -2.08. The Labute approximate surface area is 132 Å². The number of nitrogens with one attached hydrogen (secondary N) is 1. The monoisotopic (exact) mass is 315 g/mol. The molecule has 0 unspecified atom stereocenters. The molecule has 2 aromatic heterocycles. The second kappa shape index (κ2) is 5.38. The van der Waals surface area contributed by atoms with Gasteiger partial charge in [0.2, 0.25) is 0 Å². The van der Waals surface area contributed by atoms with Gasteiger partial charge in [-0.3, -0.25) is 4.79 Å². The van der Waals surface area contributed by atoms with Crippen LogP contribution in [0.4, 0.5) is 5.69 Å². The van der Waals surface area contributed by atoms with Crippen LogP contribution in [-0.2, 0) is 0 Å². The van der Waals surface area contributed by atoms with Crippen LogP contribution in [0, 0.1) is 20.8 Å². The maximum atomic E-state index is 12.4. The molecule has 0 radical (unpaired) electrons. The SMILES string of the molecule is Cc1nc2nc(C)c(C(=O)Nc3ccc(C)c(Cl)c3)cn2n1. The number of anilines is 1. The van der Waals surface area contributed by atoms with E-state index in [2.05, 4.69) is 20.4 Å². The molecule has 6 nitrogen and oxygen atoms in total. The normalized spacial score (nSPS) is 10.9. The molecule has 0 aliphatic heterocycles. The summed E-state index contributed by atoms with van der Waals surface area (Å²) >= 11 is 6.07. The summed E-state index contributed by atoms with van der Waals surface area (Å²) in [5.41, 5.74) is 2.62. The first-order valence-electron chi connectivity index (χ1n) is 6.72. The molecule has 112 valence electrons. The van der Waals surface area contributed by atoms with E-state index in [0.717, 1.165) is 5.56 Å². The van der Waals surface area contributed by atoms with Crippen LogP contribution < -0.4 is 5.32 Å². The van der Waals surface area contributed by atoms with Gasteiger partial charge < -0.3 is 5.32 Å². The zero-order valence-electron chi connectivity index (χ0n) is 12.4. The molecule has 0 bridgehead atoms. The number of carbonyl (C=O) groups excluding carboxylic acids is 1. The van der Waals surface area contributed by atoms with E-state index in [1.807, 2.05) is 13.0 Å². The number of halogens is 1. The second-order valence-corrected chi connectivity index (χ2v) is 5.47. The molecule has 0 aliphatic rings. The van der Waals surface area contributed by atoms with Gasteiger partial charge in [0.25, 0.3) is 11.7 Å². The van der Waals surface area contributed by atoms with Crippen LogP contribution >= 0.6 is 11.6 Å². The molecule has 0 atom stereocenters. The highest BCUT2D eigenvalue weighted by Gasteiger charge is 2.14. The Morgan fingerprint density at radius 2 is 2.00 bits per heavy atom. The van der Waals surface area contributed by atoms with E-state index in [1.165, 1.54) is 4.52 Å². The molecule has 3 aromatic rings. The molecule has 0 fully saturated rings. The summed E-state index contributed by atoms with van der Waals surface area (Å²) in [6, 6.07) is 5.38. The Morgan fingerprint density at radius 3 is 2.73 bits per heavy atom. The van der Waals surface area contributed by atoms with E-state index in [9.17, 15) is 4.79 Å². The fourth-order valence-electron chi connectivity index (χ4n) is 2.10. The number of aromatic nitrogens is 4. The molecular weight excluding hydrogens is 302 g/mol. The van der Waals surface area contributed by atoms with Gasteiger partial charge in [0.05, 0.1) is 11.3 Å². The van der Waals surface area contributed by atoms with Crippen molar-refractivity contribution < 1.29 is 4.79 Å². The fraction of sp³-hybridized carbons (Fsp3) is 0.200. The Hall–Kier alpha value is -2.47. The summed E-state index contributed by atoms with van der Waals surface area (Å²) < 4.78 is 1.50. The molecule has 2 heterocycles. The summed E-state index contributed by atoms with van der Waals surface area (Å²) in [4.78, 5) is 20.9. The smallest absolute Gasteiger partial charge is 0.259 e. The summed E-state index contributed by atoms with van der Waals surface area (Å²) in [7, 11) is 0. The van der Waals surface area contributed by atoms with Crippen molar-refractivity contribution in [1.82, 2.24) is 19.6 Å². The largest absolute Gasteiger partial charge is 0.322 e. The number of carbonyl (C=O) groups is 1. The number of nitrogens with zero attached hydrogens (tertiary/aromatic N) is 4. The van der Waals surface area contributed by atoms with Gasteiger partial charge in [0.1, 0.15) is 5.82 Å². The number of aryl methyl sites for hydroxylation is 3. The van der Waals surface area contributed by atoms with E-state index in [-0.39, 0.29) is 5.91 Å². The molecule has 22 heavy (non-hydrogen) atoms. The Morgan fingerprint density at radius 1 is 1.23 bits per heavy atom. The van der Waals surface area contributed by atoms with Gasteiger partial charge in [0.15, 0.2) is 0 Å². The molecule has 0 saturated carbocycles. The zero-order chi connectivity index (χ0) is 15.9. The molecule has 0 saturated heterocycles. The van der Waals surface area contributed by atoms with Gasteiger partial charge in [-0.25, -0.2) is 9.50 Å². The molecule has 1 aromatic carbocycles. The van der Waals surface area contributed by atoms with Crippen molar-refractivity contribution in [3.8, 4) is 0 Å². The fourth-order valence-corrected chi connectivity index (χ4v) is 2.28. The van der Waals surface area contributed by atoms with E-state index in [4.69, 9.17) is 11.6 Å². The van der Waals surface area contributed by atoms with Crippen molar-refractivity contribution in [3.05, 3.63) is 52.1 Å². The molecule has 1 amide bonds. The van der Waals surface area contributed by atoms with Crippen molar-refractivity contribution in [1.29, 1.82) is 0 Å². The molecule has 0 aliphatic carbocycles. The average molecular weight is 316 g/mol. The third kappa shape index (κ3) is 2.65. The maximum absolute atomic E-state index is 12.4. The summed E-state index contributed by atoms with van der Waals surface area (Å²) in [5, 5.41) is 7.59. The minimum absolute atomic E-state index is 0.264. The van der Waals surface area contributed by atoms with E-state index in [0.29, 0.717) is 33.6 Å². The van der Waals surface area contributed by atoms with Crippen LogP contribution in [0.25, 0.3) is 5.78 Å². The maximum Gasteiger partial charge on any atom is 0.259 e. The van der Waals surface area contributed by atoms with Crippen molar-refractivity contribution in [2.24, 2.45) is 0 Å². The number of hydrogen-bond acceptors (Lipinski definition) is 4. The van der Waals surface area contributed by atoms with E-state index < -0.39 is 0 Å². The summed E-state index contributed by atoms with van der Waals surface area (Å²) in [6.45, 7) is 5.45. The van der Waals surface area contributed by atoms with Gasteiger partial charge in [-0.1, -0.05) is 17.7 Å². The van der Waals surface area contributed by atoms with Crippen LogP contribution in [0.1, 0.15) is 27.4 Å². The minimum Gasteiger partial charge on any atom is -0.322 e. The van der Waals surface area contributed by atoms with Gasteiger partial charge in [-0.2, -0.15) is 10.1 Å². The van der Waals surface area contributed by atoms with E-state index >= 15 is 0 Å². The van der Waals surface area contributed by atoms with Gasteiger partial charge in [0, 0.05) is 16.9 Å². The van der Waals surface area contributed by atoms with Crippen LogP contribution in [0.3, 0.4) is 0 Å². The molecule has 0 spiro atoms.